The van der Waals surface area contributed by atoms with Crippen LogP contribution in [0.3, 0.4) is 0 Å². The zero-order chi connectivity index (χ0) is 11.7. The first-order chi connectivity index (χ1) is 7.59. The van der Waals surface area contributed by atoms with Crippen LogP contribution in [0.5, 0.6) is 0 Å². The van der Waals surface area contributed by atoms with Gasteiger partial charge in [0.25, 0.3) is 0 Å². The van der Waals surface area contributed by atoms with Crippen LogP contribution in [0.15, 0.2) is 15.9 Å². The largest absolute Gasteiger partial charge is 0.296 e. The second kappa shape index (κ2) is 4.98. The minimum Gasteiger partial charge on any atom is -0.296 e. The summed E-state index contributed by atoms with van der Waals surface area (Å²) in [6, 6.07) is 2.46. The van der Waals surface area contributed by atoms with Crippen LogP contribution in [0.25, 0.3) is 0 Å². The standard InChI is InChI=1S/C12H16BrNOS/c1-8(9-3-4-9)14(2)7-11(15)12-10(13)5-6-16-12/h5-6,8-9H,3-4,7H2,1-2H3. The van der Waals surface area contributed by atoms with Crippen molar-refractivity contribution in [1.82, 2.24) is 4.90 Å². The number of carbonyl (C=O) groups is 1. The van der Waals surface area contributed by atoms with E-state index in [0.29, 0.717) is 12.6 Å². The van der Waals surface area contributed by atoms with Gasteiger partial charge in [-0.2, -0.15) is 0 Å². The molecule has 1 unspecified atom stereocenters. The molecule has 1 aromatic heterocycles. The highest BCUT2D eigenvalue weighted by Crippen LogP contribution is 2.34. The Morgan fingerprint density at radius 2 is 2.38 bits per heavy atom. The first-order valence-electron chi connectivity index (χ1n) is 5.56. The van der Waals surface area contributed by atoms with E-state index in [1.165, 1.54) is 24.2 Å². The molecule has 0 aliphatic heterocycles. The maximum absolute atomic E-state index is 12.0. The van der Waals surface area contributed by atoms with Crippen LogP contribution in [-0.2, 0) is 0 Å². The number of halogens is 1. The molecule has 0 bridgehead atoms. The molecule has 1 aliphatic carbocycles. The highest BCUT2D eigenvalue weighted by molar-refractivity contribution is 9.10. The molecule has 1 aliphatic rings. The summed E-state index contributed by atoms with van der Waals surface area (Å²) in [5.41, 5.74) is 0. The van der Waals surface area contributed by atoms with E-state index in [1.54, 1.807) is 0 Å². The Morgan fingerprint density at radius 3 is 2.88 bits per heavy atom. The van der Waals surface area contributed by atoms with Crippen molar-refractivity contribution in [2.24, 2.45) is 5.92 Å². The van der Waals surface area contributed by atoms with Gasteiger partial charge in [-0.05, 0) is 60.1 Å². The van der Waals surface area contributed by atoms with Crippen molar-refractivity contribution in [1.29, 1.82) is 0 Å². The lowest BCUT2D eigenvalue weighted by atomic mass is 10.2. The number of rotatable bonds is 5. The van der Waals surface area contributed by atoms with E-state index in [0.717, 1.165) is 15.3 Å². The predicted molar refractivity (Wildman–Crippen MR) is 71.2 cm³/mol. The Hall–Kier alpha value is -0.190. The maximum Gasteiger partial charge on any atom is 0.187 e. The van der Waals surface area contributed by atoms with Gasteiger partial charge in [0, 0.05) is 10.5 Å². The van der Waals surface area contributed by atoms with Gasteiger partial charge in [-0.1, -0.05) is 0 Å². The van der Waals surface area contributed by atoms with Gasteiger partial charge in [0.2, 0.25) is 0 Å². The van der Waals surface area contributed by atoms with Crippen LogP contribution in [0.4, 0.5) is 0 Å². The van der Waals surface area contributed by atoms with E-state index in [4.69, 9.17) is 0 Å². The summed E-state index contributed by atoms with van der Waals surface area (Å²) >= 11 is 4.92. The molecule has 1 saturated carbocycles. The Kier molecular flexibility index (Phi) is 3.82. The normalized spacial score (nSPS) is 17.8. The van der Waals surface area contributed by atoms with Gasteiger partial charge in [0.15, 0.2) is 5.78 Å². The van der Waals surface area contributed by atoms with Crippen molar-refractivity contribution >= 4 is 33.0 Å². The molecule has 2 nitrogen and oxygen atoms in total. The van der Waals surface area contributed by atoms with Crippen LogP contribution in [-0.4, -0.2) is 30.3 Å². The average Bonchev–Trinajstić information content (AvgIpc) is 3.00. The second-order valence-corrected chi connectivity index (χ2v) is 6.28. The Morgan fingerprint density at radius 1 is 1.69 bits per heavy atom. The molecule has 0 saturated heterocycles. The highest BCUT2D eigenvalue weighted by atomic mass is 79.9. The summed E-state index contributed by atoms with van der Waals surface area (Å²) < 4.78 is 0.926. The van der Waals surface area contributed by atoms with Crippen LogP contribution < -0.4 is 0 Å². The predicted octanol–water partition coefficient (Wildman–Crippen LogP) is 3.42. The Bertz CT molecular complexity index is 386. The maximum atomic E-state index is 12.0. The van der Waals surface area contributed by atoms with Gasteiger partial charge in [-0.3, -0.25) is 9.69 Å². The number of Topliss-reactive ketones (excluding diaryl/α,β-unsaturated/α-hetero) is 1. The Labute approximate surface area is 109 Å². The fourth-order valence-corrected chi connectivity index (χ4v) is 3.40. The first-order valence-corrected chi connectivity index (χ1v) is 7.23. The van der Waals surface area contributed by atoms with Gasteiger partial charge in [0.1, 0.15) is 0 Å². The number of likely N-dealkylation sites (N-methyl/N-ethyl adjacent to an activating group) is 1. The van der Waals surface area contributed by atoms with Crippen LogP contribution in [0.1, 0.15) is 29.4 Å². The van der Waals surface area contributed by atoms with Crippen molar-refractivity contribution < 1.29 is 4.79 Å². The van der Waals surface area contributed by atoms with Gasteiger partial charge in [-0.15, -0.1) is 11.3 Å². The van der Waals surface area contributed by atoms with E-state index in [9.17, 15) is 4.79 Å². The summed E-state index contributed by atoms with van der Waals surface area (Å²) in [7, 11) is 2.04. The quantitative estimate of drug-likeness (QED) is 0.777. The minimum atomic E-state index is 0.219. The molecule has 2 rings (SSSR count). The first kappa shape index (κ1) is 12.3. The molecule has 88 valence electrons. The molecule has 4 heteroatoms. The van der Waals surface area contributed by atoms with E-state index < -0.39 is 0 Å². The van der Waals surface area contributed by atoms with Crippen LogP contribution >= 0.6 is 27.3 Å². The van der Waals surface area contributed by atoms with Crippen molar-refractivity contribution in [2.75, 3.05) is 13.6 Å². The monoisotopic (exact) mass is 301 g/mol. The van der Waals surface area contributed by atoms with E-state index in [1.807, 2.05) is 18.5 Å². The zero-order valence-electron chi connectivity index (χ0n) is 9.57. The van der Waals surface area contributed by atoms with Gasteiger partial charge < -0.3 is 0 Å². The van der Waals surface area contributed by atoms with Crippen molar-refractivity contribution in [3.05, 3.63) is 20.8 Å². The molecule has 0 spiro atoms. The SMILES string of the molecule is CC(C1CC1)N(C)CC(=O)c1sccc1Br. The van der Waals surface area contributed by atoms with Crippen LogP contribution in [0, 0.1) is 5.92 Å². The molecule has 0 N–H and O–H groups in total. The number of hydrogen-bond acceptors (Lipinski definition) is 3. The number of thiophene rings is 1. The fourth-order valence-electron chi connectivity index (χ4n) is 1.87. The minimum absolute atomic E-state index is 0.219. The fraction of sp³-hybridized carbons (Fsp3) is 0.583. The van der Waals surface area contributed by atoms with E-state index in [2.05, 4.69) is 27.8 Å². The number of carbonyl (C=O) groups excluding carboxylic acids is 1. The topological polar surface area (TPSA) is 20.3 Å². The molecule has 1 fully saturated rings. The second-order valence-electron chi connectivity index (χ2n) is 4.51. The molecule has 16 heavy (non-hydrogen) atoms. The van der Waals surface area contributed by atoms with Crippen molar-refractivity contribution in [3.8, 4) is 0 Å². The van der Waals surface area contributed by atoms with Crippen molar-refractivity contribution in [3.63, 3.8) is 0 Å². The molecule has 0 amide bonds. The summed E-state index contributed by atoms with van der Waals surface area (Å²) in [5.74, 6) is 1.03. The zero-order valence-corrected chi connectivity index (χ0v) is 12.0. The van der Waals surface area contributed by atoms with Gasteiger partial charge in [-0.25, -0.2) is 0 Å². The molecule has 0 aromatic carbocycles. The summed E-state index contributed by atoms with van der Waals surface area (Å²) in [4.78, 5) is 15.0. The van der Waals surface area contributed by atoms with Gasteiger partial charge >= 0.3 is 0 Å². The van der Waals surface area contributed by atoms with E-state index >= 15 is 0 Å². The third-order valence-electron chi connectivity index (χ3n) is 3.26. The third-order valence-corrected chi connectivity index (χ3v) is 5.14. The third kappa shape index (κ3) is 2.73. The smallest absolute Gasteiger partial charge is 0.187 e. The summed E-state index contributed by atoms with van der Waals surface area (Å²) in [6.45, 7) is 2.74. The van der Waals surface area contributed by atoms with E-state index in [-0.39, 0.29) is 5.78 Å². The number of ketones is 1. The molecule has 1 atom stereocenters. The molecular weight excluding hydrogens is 286 g/mol. The highest BCUT2D eigenvalue weighted by Gasteiger charge is 2.31. The van der Waals surface area contributed by atoms with Crippen molar-refractivity contribution in [2.45, 2.75) is 25.8 Å². The molecular formula is C12H16BrNOS. The van der Waals surface area contributed by atoms with Crippen LogP contribution in [0.2, 0.25) is 0 Å². The molecule has 1 aromatic rings. The Balaban J connectivity index is 1.94. The number of nitrogens with zero attached hydrogens (tertiary/aromatic N) is 1. The van der Waals surface area contributed by atoms with Gasteiger partial charge in [0.05, 0.1) is 11.4 Å². The summed E-state index contributed by atoms with van der Waals surface area (Å²) in [6.07, 6.45) is 2.64. The lowest BCUT2D eigenvalue weighted by molar-refractivity contribution is 0.0920. The summed E-state index contributed by atoms with van der Waals surface area (Å²) in [5, 5.41) is 1.95. The molecule has 1 heterocycles. The lowest BCUT2D eigenvalue weighted by Crippen LogP contribution is -2.35. The number of hydrogen-bond donors (Lipinski definition) is 0. The molecule has 0 radical (unpaired) electrons. The lowest BCUT2D eigenvalue weighted by Gasteiger charge is -2.23. The average molecular weight is 302 g/mol.